The van der Waals surface area contributed by atoms with E-state index in [-0.39, 0.29) is 5.91 Å². The third kappa shape index (κ3) is 5.18. The average molecular weight is 383 g/mol. The van der Waals surface area contributed by atoms with E-state index in [0.29, 0.717) is 28.9 Å². The highest BCUT2D eigenvalue weighted by atomic mass is 35.5. The Labute approximate surface area is 162 Å². The molecule has 0 unspecified atom stereocenters. The van der Waals surface area contributed by atoms with Gasteiger partial charge in [0, 0.05) is 23.3 Å². The molecule has 3 aromatic rings. The molecule has 0 atom stereocenters. The van der Waals surface area contributed by atoms with Gasteiger partial charge < -0.3 is 15.4 Å². The minimum absolute atomic E-state index is 0.273. The van der Waals surface area contributed by atoms with Crippen LogP contribution in [0.5, 0.6) is 5.75 Å². The van der Waals surface area contributed by atoms with Crippen LogP contribution in [0.25, 0.3) is 0 Å². The Morgan fingerprint density at radius 3 is 2.59 bits per heavy atom. The number of hydrogen-bond acceptors (Lipinski definition) is 5. The summed E-state index contributed by atoms with van der Waals surface area (Å²) in [5.74, 6) is 1.52. The molecule has 6 nitrogen and oxygen atoms in total. The van der Waals surface area contributed by atoms with Gasteiger partial charge in [0.25, 0.3) is 5.91 Å². The molecule has 0 aliphatic carbocycles. The second kappa shape index (κ2) is 8.51. The maximum Gasteiger partial charge on any atom is 0.270 e. The van der Waals surface area contributed by atoms with Crippen LogP contribution in [0, 0.1) is 6.92 Å². The minimum Gasteiger partial charge on any atom is -0.497 e. The number of hydrogen-bond donors (Lipinski definition) is 2. The van der Waals surface area contributed by atoms with Gasteiger partial charge in [0.2, 0.25) is 0 Å². The first kappa shape index (κ1) is 18.7. The van der Waals surface area contributed by atoms with Gasteiger partial charge in [0.1, 0.15) is 23.1 Å². The third-order valence-electron chi connectivity index (χ3n) is 3.78. The summed E-state index contributed by atoms with van der Waals surface area (Å²) in [7, 11) is 1.61. The average Bonchev–Trinajstić information content (AvgIpc) is 2.66. The molecule has 2 aromatic carbocycles. The molecule has 0 spiro atoms. The molecule has 0 radical (unpaired) electrons. The van der Waals surface area contributed by atoms with Gasteiger partial charge >= 0.3 is 0 Å². The Hall–Kier alpha value is -3.12. The van der Waals surface area contributed by atoms with Crippen molar-refractivity contribution < 1.29 is 9.53 Å². The number of benzene rings is 2. The molecule has 2 N–H and O–H groups in total. The van der Waals surface area contributed by atoms with Crippen LogP contribution in [-0.2, 0) is 6.54 Å². The fourth-order valence-electron chi connectivity index (χ4n) is 2.48. The highest BCUT2D eigenvalue weighted by Crippen LogP contribution is 2.19. The van der Waals surface area contributed by atoms with Crippen LogP contribution in [0.1, 0.15) is 21.9 Å². The number of methoxy groups -OCH3 is 1. The largest absolute Gasteiger partial charge is 0.497 e. The summed E-state index contributed by atoms with van der Waals surface area (Å²) in [5, 5.41) is 6.61. The van der Waals surface area contributed by atoms with E-state index in [0.717, 1.165) is 17.0 Å². The first-order valence-electron chi connectivity index (χ1n) is 8.33. The van der Waals surface area contributed by atoms with Crippen molar-refractivity contribution in [2.75, 3.05) is 12.4 Å². The van der Waals surface area contributed by atoms with Crippen molar-refractivity contribution in [2.24, 2.45) is 0 Å². The van der Waals surface area contributed by atoms with Crippen molar-refractivity contribution in [2.45, 2.75) is 13.5 Å². The molecule has 3 rings (SSSR count). The van der Waals surface area contributed by atoms with Gasteiger partial charge in [-0.2, -0.15) is 0 Å². The summed E-state index contributed by atoms with van der Waals surface area (Å²) >= 11 is 6.00. The lowest BCUT2D eigenvalue weighted by Gasteiger charge is -2.10. The van der Waals surface area contributed by atoms with Crippen molar-refractivity contribution >= 4 is 29.0 Å². The lowest BCUT2D eigenvalue weighted by molar-refractivity contribution is 0.0945. The number of aryl methyl sites for hydroxylation is 1. The van der Waals surface area contributed by atoms with E-state index in [1.54, 1.807) is 32.2 Å². The van der Waals surface area contributed by atoms with Crippen molar-refractivity contribution in [3.8, 4) is 5.75 Å². The van der Waals surface area contributed by atoms with Crippen LogP contribution in [0.3, 0.4) is 0 Å². The van der Waals surface area contributed by atoms with Crippen LogP contribution in [0.15, 0.2) is 54.6 Å². The maximum absolute atomic E-state index is 12.5. The molecule has 1 amide bonds. The topological polar surface area (TPSA) is 76.1 Å². The summed E-state index contributed by atoms with van der Waals surface area (Å²) < 4.78 is 5.13. The minimum atomic E-state index is -0.273. The first-order valence-corrected chi connectivity index (χ1v) is 8.71. The molecule has 0 fully saturated rings. The predicted molar refractivity (Wildman–Crippen MR) is 106 cm³/mol. The zero-order chi connectivity index (χ0) is 19.2. The molecule has 0 saturated carbocycles. The lowest BCUT2D eigenvalue weighted by Crippen LogP contribution is -2.24. The molecule has 138 valence electrons. The van der Waals surface area contributed by atoms with Gasteiger partial charge in [0.15, 0.2) is 0 Å². The Balaban J connectivity index is 1.69. The van der Waals surface area contributed by atoms with Crippen molar-refractivity contribution in [1.29, 1.82) is 0 Å². The van der Waals surface area contributed by atoms with Crippen molar-refractivity contribution in [1.82, 2.24) is 15.3 Å². The fraction of sp³-hybridized carbons (Fsp3) is 0.150. The van der Waals surface area contributed by atoms with E-state index < -0.39 is 0 Å². The van der Waals surface area contributed by atoms with Gasteiger partial charge in [-0.05, 0) is 42.8 Å². The van der Waals surface area contributed by atoms with Crippen molar-refractivity contribution in [3.63, 3.8) is 0 Å². The third-order valence-corrected chi connectivity index (χ3v) is 4.01. The maximum atomic E-state index is 12.5. The van der Waals surface area contributed by atoms with E-state index in [2.05, 4.69) is 20.6 Å². The van der Waals surface area contributed by atoms with Crippen LogP contribution >= 0.6 is 11.6 Å². The van der Waals surface area contributed by atoms with E-state index in [1.807, 2.05) is 36.4 Å². The molecular weight excluding hydrogens is 364 g/mol. The van der Waals surface area contributed by atoms with Crippen molar-refractivity contribution in [3.05, 3.63) is 76.7 Å². The second-order valence-electron chi connectivity index (χ2n) is 5.85. The Bertz CT molecular complexity index is 945. The van der Waals surface area contributed by atoms with E-state index in [9.17, 15) is 4.79 Å². The lowest BCUT2D eigenvalue weighted by atomic mass is 10.2. The number of nitrogens with zero attached hydrogens (tertiary/aromatic N) is 2. The molecule has 0 bridgehead atoms. The van der Waals surface area contributed by atoms with Gasteiger partial charge in [-0.3, -0.25) is 4.79 Å². The van der Waals surface area contributed by atoms with Gasteiger partial charge in [0.05, 0.1) is 7.11 Å². The molecule has 7 heteroatoms. The summed E-state index contributed by atoms with van der Waals surface area (Å²) in [5.41, 5.74) is 2.04. The van der Waals surface area contributed by atoms with Crippen LogP contribution in [0.2, 0.25) is 5.02 Å². The van der Waals surface area contributed by atoms with E-state index in [1.165, 1.54) is 0 Å². The summed E-state index contributed by atoms with van der Waals surface area (Å²) in [6.45, 7) is 2.13. The number of carbonyl (C=O) groups excluding carboxylic acids is 1. The zero-order valence-electron chi connectivity index (χ0n) is 15.0. The molecule has 1 aromatic heterocycles. The smallest absolute Gasteiger partial charge is 0.270 e. The quantitative estimate of drug-likeness (QED) is 0.670. The van der Waals surface area contributed by atoms with Crippen LogP contribution in [0.4, 0.5) is 11.5 Å². The molecule has 1 heterocycles. The highest BCUT2D eigenvalue weighted by Gasteiger charge is 2.11. The first-order chi connectivity index (χ1) is 13.0. The van der Waals surface area contributed by atoms with E-state index in [4.69, 9.17) is 16.3 Å². The number of ether oxygens (including phenoxy) is 1. The van der Waals surface area contributed by atoms with E-state index >= 15 is 0 Å². The number of halogens is 1. The molecule has 27 heavy (non-hydrogen) atoms. The van der Waals surface area contributed by atoms with Gasteiger partial charge in [-0.1, -0.05) is 29.8 Å². The Morgan fingerprint density at radius 1 is 1.11 bits per heavy atom. The second-order valence-corrected chi connectivity index (χ2v) is 6.29. The fourth-order valence-corrected chi connectivity index (χ4v) is 2.67. The summed E-state index contributed by atoms with van der Waals surface area (Å²) in [4.78, 5) is 21.0. The van der Waals surface area contributed by atoms with Crippen LogP contribution < -0.4 is 15.4 Å². The Morgan fingerprint density at radius 2 is 1.89 bits per heavy atom. The summed E-state index contributed by atoms with van der Waals surface area (Å²) in [6, 6.07) is 16.4. The summed E-state index contributed by atoms with van der Waals surface area (Å²) in [6.07, 6.45) is 0. The number of aromatic nitrogens is 2. The zero-order valence-corrected chi connectivity index (χ0v) is 15.7. The standard InChI is InChI=1S/C20H19ClN4O2/c1-13-23-18(11-19(24-13)25-16-5-3-4-15(21)10-16)20(26)22-12-14-6-8-17(27-2)9-7-14/h3-11H,12H2,1-2H3,(H,22,26)(H,23,24,25). The Kier molecular flexibility index (Phi) is 5.88. The molecule has 0 aliphatic heterocycles. The number of nitrogens with one attached hydrogen (secondary N) is 2. The molecular formula is C20H19ClN4O2. The monoisotopic (exact) mass is 382 g/mol. The van der Waals surface area contributed by atoms with Gasteiger partial charge in [-0.25, -0.2) is 9.97 Å². The highest BCUT2D eigenvalue weighted by molar-refractivity contribution is 6.30. The molecule has 0 saturated heterocycles. The van der Waals surface area contributed by atoms with Crippen LogP contribution in [-0.4, -0.2) is 23.0 Å². The predicted octanol–water partition coefficient (Wildman–Crippen LogP) is 4.12. The number of amides is 1. The molecule has 0 aliphatic rings. The number of carbonyl (C=O) groups is 1. The number of anilines is 2. The number of rotatable bonds is 6. The normalized spacial score (nSPS) is 10.3. The SMILES string of the molecule is COc1ccc(CNC(=O)c2cc(Nc3cccc(Cl)c3)nc(C)n2)cc1. The van der Waals surface area contributed by atoms with Gasteiger partial charge in [-0.15, -0.1) is 0 Å².